The van der Waals surface area contributed by atoms with E-state index in [1.54, 1.807) is 11.1 Å². The highest BCUT2D eigenvalue weighted by Crippen LogP contribution is 2.44. The van der Waals surface area contributed by atoms with E-state index in [0.717, 1.165) is 49.9 Å². The highest BCUT2D eigenvalue weighted by atomic mass is 32.2. The molecule has 0 radical (unpaired) electrons. The van der Waals surface area contributed by atoms with Crippen molar-refractivity contribution in [2.75, 3.05) is 42.8 Å². The van der Waals surface area contributed by atoms with Gasteiger partial charge in [-0.2, -0.15) is 30.0 Å². The number of hydrogen-bond donors (Lipinski definition) is 0. The Morgan fingerprint density at radius 1 is 1.19 bits per heavy atom. The lowest BCUT2D eigenvalue weighted by Gasteiger charge is -2.50. The fraction of sp³-hybridized carbons (Fsp3) is 0.667. The van der Waals surface area contributed by atoms with Crippen LogP contribution in [0.4, 0.5) is 18.9 Å². The van der Waals surface area contributed by atoms with E-state index < -0.39 is 17.4 Å². The predicted octanol–water partition coefficient (Wildman–Crippen LogP) is 4.21. The van der Waals surface area contributed by atoms with Gasteiger partial charge in [-0.05, 0) is 49.0 Å². The summed E-state index contributed by atoms with van der Waals surface area (Å²) in [6.07, 6.45) is -1.69. The summed E-state index contributed by atoms with van der Waals surface area (Å²) in [7, 11) is 0. The molecule has 0 aliphatic carbocycles. The van der Waals surface area contributed by atoms with Crippen molar-refractivity contribution in [3.05, 3.63) is 29.8 Å². The fourth-order valence-corrected chi connectivity index (χ4v) is 5.20. The zero-order chi connectivity index (χ0) is 18.9. The first kappa shape index (κ1) is 19.0. The van der Waals surface area contributed by atoms with Crippen molar-refractivity contribution >= 4 is 17.4 Å². The van der Waals surface area contributed by atoms with E-state index in [1.807, 2.05) is 11.8 Å². The molecule has 0 spiro atoms. The predicted molar refractivity (Wildman–Crippen MR) is 98.9 cm³/mol. The van der Waals surface area contributed by atoms with Crippen molar-refractivity contribution in [2.24, 2.45) is 10.3 Å². The normalized spacial score (nSPS) is 30.0. The SMILES string of the molecule is FC(F)(F)c1cccc(N2N=NC3CCSCCCC32N2CCOCC2)c1. The number of hydrogen-bond acceptors (Lipinski definition) is 6. The molecule has 0 N–H and O–H groups in total. The minimum atomic E-state index is -4.38. The van der Waals surface area contributed by atoms with E-state index in [9.17, 15) is 13.2 Å². The number of thioether (sulfide) groups is 1. The van der Waals surface area contributed by atoms with Crippen LogP contribution < -0.4 is 5.01 Å². The number of alkyl halides is 3. The van der Waals surface area contributed by atoms with Gasteiger partial charge >= 0.3 is 6.18 Å². The van der Waals surface area contributed by atoms with E-state index in [0.29, 0.717) is 18.9 Å². The molecule has 2 fully saturated rings. The monoisotopic (exact) mass is 400 g/mol. The average Bonchev–Trinajstić information content (AvgIpc) is 3.00. The van der Waals surface area contributed by atoms with Crippen molar-refractivity contribution in [1.29, 1.82) is 0 Å². The van der Waals surface area contributed by atoms with Crippen LogP contribution in [0.2, 0.25) is 0 Å². The number of benzene rings is 1. The third-order valence-electron chi connectivity index (χ3n) is 5.53. The standard InChI is InChI=1S/C18H23F3N4OS/c19-18(20,21)14-3-1-4-15(13-14)25-17(24-7-9-26-10-8-24)6-2-11-27-12-5-16(17)22-23-25/h1,3-4,13,16H,2,5-12H2. The highest BCUT2D eigenvalue weighted by molar-refractivity contribution is 7.99. The summed E-state index contributed by atoms with van der Waals surface area (Å²) in [6, 6.07) is 5.40. The van der Waals surface area contributed by atoms with E-state index in [-0.39, 0.29) is 6.04 Å². The topological polar surface area (TPSA) is 40.4 Å². The molecule has 27 heavy (non-hydrogen) atoms. The maximum Gasteiger partial charge on any atom is 0.416 e. The first-order chi connectivity index (χ1) is 13.0. The van der Waals surface area contributed by atoms with Gasteiger partial charge in [0.15, 0.2) is 0 Å². The number of nitrogens with zero attached hydrogens (tertiary/aromatic N) is 4. The Balaban J connectivity index is 1.75. The largest absolute Gasteiger partial charge is 0.416 e. The van der Waals surface area contributed by atoms with E-state index in [1.165, 1.54) is 12.1 Å². The summed E-state index contributed by atoms with van der Waals surface area (Å²) in [5.74, 6) is 2.04. The number of anilines is 1. The zero-order valence-corrected chi connectivity index (χ0v) is 15.8. The minimum Gasteiger partial charge on any atom is -0.379 e. The van der Waals surface area contributed by atoms with Gasteiger partial charge in [0.2, 0.25) is 0 Å². The first-order valence-electron chi connectivity index (χ1n) is 9.30. The summed E-state index contributed by atoms with van der Waals surface area (Å²) >= 11 is 1.91. The van der Waals surface area contributed by atoms with Crippen molar-refractivity contribution in [1.82, 2.24) is 4.90 Å². The molecule has 9 heteroatoms. The van der Waals surface area contributed by atoms with Crippen LogP contribution in [0.5, 0.6) is 0 Å². The number of morpholine rings is 1. The van der Waals surface area contributed by atoms with Gasteiger partial charge in [-0.15, -0.1) is 0 Å². The van der Waals surface area contributed by atoms with Gasteiger partial charge in [-0.25, -0.2) is 5.01 Å². The van der Waals surface area contributed by atoms with Crippen molar-refractivity contribution in [3.8, 4) is 0 Å². The van der Waals surface area contributed by atoms with Crippen LogP contribution >= 0.6 is 11.8 Å². The van der Waals surface area contributed by atoms with Crippen LogP contribution in [0, 0.1) is 0 Å². The maximum absolute atomic E-state index is 13.3. The van der Waals surface area contributed by atoms with Crippen LogP contribution in [0.15, 0.2) is 34.6 Å². The Morgan fingerprint density at radius 2 is 2.00 bits per heavy atom. The van der Waals surface area contributed by atoms with Gasteiger partial charge < -0.3 is 4.74 Å². The third kappa shape index (κ3) is 3.56. The van der Waals surface area contributed by atoms with Gasteiger partial charge in [0.1, 0.15) is 11.7 Å². The molecule has 4 rings (SSSR count). The van der Waals surface area contributed by atoms with Crippen molar-refractivity contribution in [2.45, 2.75) is 37.1 Å². The molecular formula is C18H23F3N4OS. The molecule has 3 aliphatic heterocycles. The molecule has 0 bridgehead atoms. The molecule has 3 aliphatic rings. The molecule has 0 amide bonds. The molecule has 2 unspecified atom stereocenters. The van der Waals surface area contributed by atoms with Crippen LogP contribution in [0.1, 0.15) is 24.8 Å². The van der Waals surface area contributed by atoms with Gasteiger partial charge in [0.05, 0.1) is 24.5 Å². The number of ether oxygens (including phenoxy) is 1. The maximum atomic E-state index is 13.3. The Kier molecular flexibility index (Phi) is 5.35. The fourth-order valence-electron chi connectivity index (χ4n) is 4.26. The van der Waals surface area contributed by atoms with Gasteiger partial charge in [-0.3, -0.25) is 4.90 Å². The molecular weight excluding hydrogens is 377 g/mol. The summed E-state index contributed by atoms with van der Waals surface area (Å²) in [5.41, 5.74) is -0.706. The van der Waals surface area contributed by atoms with E-state index in [4.69, 9.17) is 4.74 Å². The lowest BCUT2D eigenvalue weighted by atomic mass is 9.89. The Labute approximate surface area is 160 Å². The lowest BCUT2D eigenvalue weighted by molar-refractivity contribution is -0.137. The van der Waals surface area contributed by atoms with E-state index >= 15 is 0 Å². The van der Waals surface area contributed by atoms with E-state index in [2.05, 4.69) is 15.2 Å². The van der Waals surface area contributed by atoms with Gasteiger partial charge in [0, 0.05) is 13.1 Å². The number of halogens is 3. The second-order valence-corrected chi connectivity index (χ2v) is 8.29. The zero-order valence-electron chi connectivity index (χ0n) is 15.0. The van der Waals surface area contributed by atoms with Gasteiger partial charge in [0.25, 0.3) is 0 Å². The smallest absolute Gasteiger partial charge is 0.379 e. The molecule has 2 saturated heterocycles. The summed E-state index contributed by atoms with van der Waals surface area (Å²) in [5, 5.41) is 10.7. The summed E-state index contributed by atoms with van der Waals surface area (Å²) in [4.78, 5) is 2.33. The molecule has 0 aromatic heterocycles. The number of rotatable bonds is 2. The summed E-state index contributed by atoms with van der Waals surface area (Å²) in [6.45, 7) is 2.73. The third-order valence-corrected chi connectivity index (χ3v) is 6.63. The quantitative estimate of drug-likeness (QED) is 0.746. The van der Waals surface area contributed by atoms with Crippen LogP contribution in [0.25, 0.3) is 0 Å². The Bertz CT molecular complexity index is 695. The second-order valence-electron chi connectivity index (χ2n) is 7.06. The summed E-state index contributed by atoms with van der Waals surface area (Å²) < 4.78 is 45.3. The molecule has 0 saturated carbocycles. The first-order valence-corrected chi connectivity index (χ1v) is 10.5. The highest BCUT2D eigenvalue weighted by Gasteiger charge is 2.53. The van der Waals surface area contributed by atoms with Crippen molar-refractivity contribution in [3.63, 3.8) is 0 Å². The van der Waals surface area contributed by atoms with Crippen LogP contribution in [-0.4, -0.2) is 54.4 Å². The lowest BCUT2D eigenvalue weighted by Crippen LogP contribution is -2.65. The second kappa shape index (κ2) is 7.60. The average molecular weight is 400 g/mol. The van der Waals surface area contributed by atoms with Crippen molar-refractivity contribution < 1.29 is 17.9 Å². The minimum absolute atomic E-state index is 0.0436. The molecule has 3 heterocycles. The molecule has 1 aromatic carbocycles. The van der Waals surface area contributed by atoms with Crippen LogP contribution in [0.3, 0.4) is 0 Å². The van der Waals surface area contributed by atoms with Gasteiger partial charge in [-0.1, -0.05) is 11.3 Å². The Hall–Kier alpha value is -1.32. The molecule has 1 aromatic rings. The molecule has 2 atom stereocenters. The van der Waals surface area contributed by atoms with Crippen LogP contribution in [-0.2, 0) is 10.9 Å². The molecule has 148 valence electrons. The Morgan fingerprint density at radius 3 is 2.78 bits per heavy atom. The number of fused-ring (bicyclic) bond motifs is 1. The molecule has 5 nitrogen and oxygen atoms in total.